The van der Waals surface area contributed by atoms with Crippen molar-refractivity contribution in [3.05, 3.63) is 81.6 Å². The number of nitrogens with one attached hydrogen (secondary N) is 1. The molecular formula is C41H55Cl2N5O3. The third-order valence-electron chi connectivity index (χ3n) is 10.3. The molecule has 1 aromatic heterocycles. The maximum Gasteiger partial charge on any atom is 0.325 e. The third-order valence-corrected chi connectivity index (χ3v) is 10.9. The van der Waals surface area contributed by atoms with E-state index in [1.54, 1.807) is 4.90 Å². The van der Waals surface area contributed by atoms with Gasteiger partial charge in [-0.25, -0.2) is 4.79 Å². The Morgan fingerprint density at radius 2 is 1.76 bits per heavy atom. The van der Waals surface area contributed by atoms with Gasteiger partial charge in [0, 0.05) is 64.9 Å². The van der Waals surface area contributed by atoms with Gasteiger partial charge >= 0.3 is 6.03 Å². The standard InChI is InChI=1S/C41H55Cl2N5O3/c1-8-51-35-24-36(40(3,4)5)44-25-34(35)38(46-41(6,7)31-13-17-33(43)18-14-31)48(26-29-9-15-32(42)16-10-29)39(50)47-21-19-28(20-22-47)23-37(49)45-27(2)30-11-12-30/h9-10,13,15-18,24-25,27-28,30-31H,8,11-12,14,19-23,26H2,1-7H3,(H,45,49)/t27-,31?/m0/s1. The predicted octanol–water partition coefficient (Wildman–Crippen LogP) is 9.29. The van der Waals surface area contributed by atoms with E-state index in [1.165, 1.54) is 12.8 Å². The van der Waals surface area contributed by atoms with Crippen molar-refractivity contribution in [3.8, 4) is 5.75 Å². The van der Waals surface area contributed by atoms with E-state index >= 15 is 0 Å². The first kappa shape index (κ1) is 38.9. The van der Waals surface area contributed by atoms with Gasteiger partial charge in [-0.05, 0) is 95.4 Å². The van der Waals surface area contributed by atoms with Crippen LogP contribution in [0.1, 0.15) is 104 Å². The molecule has 1 unspecified atom stereocenters. The summed E-state index contributed by atoms with van der Waals surface area (Å²) in [5.74, 6) is 2.14. The smallest absolute Gasteiger partial charge is 0.325 e. The SMILES string of the molecule is CCOc1cc(C(C)(C)C)ncc1C(=NC(C)(C)C1C=CC(Cl)=CC1)N(Cc1ccc(Cl)cc1)C(=O)N1CCC(CC(=O)N[C@@H](C)C2CC2)CC1. The molecule has 2 atom stereocenters. The molecule has 0 bridgehead atoms. The number of aliphatic imine (C=N–C) groups is 1. The number of urea groups is 1. The lowest BCUT2D eigenvalue weighted by Gasteiger charge is -2.38. The number of ether oxygens (including phenoxy) is 1. The summed E-state index contributed by atoms with van der Waals surface area (Å²) in [5.41, 5.74) is 1.62. The van der Waals surface area contributed by atoms with E-state index in [0.717, 1.165) is 30.5 Å². The molecule has 2 fully saturated rings. The van der Waals surface area contributed by atoms with Gasteiger partial charge in [0.05, 0.1) is 24.3 Å². The molecule has 0 radical (unpaired) electrons. The molecule has 3 amide bonds. The first-order valence-electron chi connectivity index (χ1n) is 18.5. The van der Waals surface area contributed by atoms with Crippen molar-refractivity contribution in [2.75, 3.05) is 19.7 Å². The number of carbonyl (C=O) groups excluding carboxylic acids is 2. The Morgan fingerprint density at radius 1 is 1.08 bits per heavy atom. The molecule has 51 heavy (non-hydrogen) atoms. The highest BCUT2D eigenvalue weighted by molar-refractivity contribution is 6.31. The van der Waals surface area contributed by atoms with Crippen LogP contribution in [-0.4, -0.2) is 63.8 Å². The van der Waals surface area contributed by atoms with Gasteiger partial charge < -0.3 is 15.0 Å². The maximum absolute atomic E-state index is 14.9. The van der Waals surface area contributed by atoms with Crippen LogP contribution >= 0.6 is 23.2 Å². The van der Waals surface area contributed by atoms with Gasteiger partial charge in [-0.15, -0.1) is 0 Å². The summed E-state index contributed by atoms with van der Waals surface area (Å²) in [6.07, 6.45) is 13.0. The normalized spacial score (nSPS) is 19.4. The van der Waals surface area contributed by atoms with Crippen molar-refractivity contribution in [1.82, 2.24) is 20.1 Å². The Morgan fingerprint density at radius 3 is 2.35 bits per heavy atom. The highest BCUT2D eigenvalue weighted by atomic mass is 35.5. The predicted molar refractivity (Wildman–Crippen MR) is 208 cm³/mol. The molecule has 1 aromatic carbocycles. The topological polar surface area (TPSA) is 87.1 Å². The number of aromatic nitrogens is 1. The van der Waals surface area contributed by atoms with E-state index in [-0.39, 0.29) is 41.8 Å². The molecule has 1 N–H and O–H groups in total. The van der Waals surface area contributed by atoms with E-state index in [0.29, 0.717) is 59.2 Å². The van der Waals surface area contributed by atoms with Gasteiger partial charge in [0.2, 0.25) is 5.91 Å². The van der Waals surface area contributed by atoms with Gasteiger partial charge in [0.25, 0.3) is 0 Å². The Kier molecular flexibility index (Phi) is 12.6. The highest BCUT2D eigenvalue weighted by Crippen LogP contribution is 2.35. The zero-order valence-electron chi connectivity index (χ0n) is 31.3. The number of halogens is 2. The van der Waals surface area contributed by atoms with Gasteiger partial charge in [-0.1, -0.05) is 68.3 Å². The fourth-order valence-corrected chi connectivity index (χ4v) is 7.11. The average molecular weight is 737 g/mol. The minimum absolute atomic E-state index is 0.0457. The number of likely N-dealkylation sites (tertiary alicyclic amines) is 1. The van der Waals surface area contributed by atoms with Crippen LogP contribution < -0.4 is 10.1 Å². The molecule has 8 nitrogen and oxygen atoms in total. The Labute approximate surface area is 314 Å². The highest BCUT2D eigenvalue weighted by Gasteiger charge is 2.36. The van der Waals surface area contributed by atoms with Crippen LogP contribution in [0.2, 0.25) is 5.02 Å². The molecular weight excluding hydrogens is 681 g/mol. The van der Waals surface area contributed by atoms with E-state index in [2.05, 4.69) is 52.9 Å². The maximum atomic E-state index is 14.9. The van der Waals surface area contributed by atoms with Crippen LogP contribution in [-0.2, 0) is 16.8 Å². The number of nitrogens with zero attached hydrogens (tertiary/aromatic N) is 4. The Balaban J connectivity index is 1.51. The van der Waals surface area contributed by atoms with Crippen molar-refractivity contribution in [2.45, 2.75) is 111 Å². The molecule has 1 saturated heterocycles. The molecule has 0 spiro atoms. The minimum atomic E-state index is -0.622. The first-order valence-corrected chi connectivity index (χ1v) is 19.3. The number of rotatable bonds is 11. The molecule has 10 heteroatoms. The fraction of sp³-hybridized carbons (Fsp3) is 0.561. The van der Waals surface area contributed by atoms with E-state index in [1.807, 2.05) is 60.5 Å². The second-order valence-corrected chi connectivity index (χ2v) is 16.8. The van der Waals surface area contributed by atoms with Gasteiger partial charge in [-0.2, -0.15) is 0 Å². The molecule has 2 aromatic rings. The van der Waals surface area contributed by atoms with Gasteiger partial charge in [0.1, 0.15) is 11.6 Å². The first-order chi connectivity index (χ1) is 24.1. The number of amidine groups is 1. The zero-order chi connectivity index (χ0) is 36.9. The number of pyridine rings is 1. The number of hydrogen-bond acceptors (Lipinski definition) is 5. The Hall–Kier alpha value is -3.36. The van der Waals surface area contributed by atoms with Crippen LogP contribution in [0.15, 0.2) is 64.8 Å². The summed E-state index contributed by atoms with van der Waals surface area (Å²) in [6.45, 7) is 16.4. The molecule has 3 aliphatic rings. The lowest BCUT2D eigenvalue weighted by atomic mass is 9.83. The van der Waals surface area contributed by atoms with Crippen LogP contribution in [0.4, 0.5) is 4.79 Å². The monoisotopic (exact) mass is 735 g/mol. The van der Waals surface area contributed by atoms with Crippen LogP contribution in [0.3, 0.4) is 0 Å². The van der Waals surface area contributed by atoms with Gasteiger partial charge in [-0.3, -0.25) is 19.7 Å². The van der Waals surface area contributed by atoms with Crippen molar-refractivity contribution >= 4 is 41.0 Å². The summed E-state index contributed by atoms with van der Waals surface area (Å²) in [6, 6.07) is 9.64. The molecule has 1 aliphatic heterocycles. The summed E-state index contributed by atoms with van der Waals surface area (Å²) in [7, 11) is 0. The number of amides is 3. The summed E-state index contributed by atoms with van der Waals surface area (Å²) in [5, 5.41) is 4.54. The van der Waals surface area contributed by atoms with Gasteiger partial charge in [0.15, 0.2) is 0 Å². The fourth-order valence-electron chi connectivity index (χ4n) is 6.82. The summed E-state index contributed by atoms with van der Waals surface area (Å²) < 4.78 is 6.30. The minimum Gasteiger partial charge on any atom is -0.493 e. The quantitative estimate of drug-likeness (QED) is 0.184. The lowest BCUT2D eigenvalue weighted by Crippen LogP contribution is -2.50. The second-order valence-electron chi connectivity index (χ2n) is 16.0. The van der Waals surface area contributed by atoms with Crippen LogP contribution in [0.25, 0.3) is 0 Å². The molecule has 2 aliphatic carbocycles. The van der Waals surface area contributed by atoms with Crippen molar-refractivity contribution in [3.63, 3.8) is 0 Å². The van der Waals surface area contributed by atoms with Crippen molar-refractivity contribution < 1.29 is 14.3 Å². The largest absolute Gasteiger partial charge is 0.493 e. The Bertz CT molecular complexity index is 1630. The van der Waals surface area contributed by atoms with Crippen molar-refractivity contribution in [1.29, 1.82) is 0 Å². The van der Waals surface area contributed by atoms with E-state index in [4.69, 9.17) is 37.9 Å². The van der Waals surface area contributed by atoms with Crippen LogP contribution in [0, 0.1) is 17.8 Å². The van der Waals surface area contributed by atoms with E-state index in [9.17, 15) is 9.59 Å². The van der Waals surface area contributed by atoms with Crippen LogP contribution in [0.5, 0.6) is 5.75 Å². The number of benzene rings is 1. The molecule has 1 saturated carbocycles. The average Bonchev–Trinajstić information content (AvgIpc) is 3.93. The van der Waals surface area contributed by atoms with Crippen molar-refractivity contribution in [2.24, 2.45) is 22.7 Å². The molecule has 2 heterocycles. The second kappa shape index (κ2) is 16.5. The van der Waals surface area contributed by atoms with E-state index < -0.39 is 5.54 Å². The number of piperidine rings is 1. The summed E-state index contributed by atoms with van der Waals surface area (Å²) in [4.78, 5) is 41.8. The number of carbonyl (C=O) groups is 2. The molecule has 5 rings (SSSR count). The lowest BCUT2D eigenvalue weighted by molar-refractivity contribution is -0.123. The molecule has 276 valence electrons. The summed E-state index contributed by atoms with van der Waals surface area (Å²) >= 11 is 12.6. The number of hydrogen-bond donors (Lipinski definition) is 1. The zero-order valence-corrected chi connectivity index (χ0v) is 32.9. The number of allylic oxidation sites excluding steroid dienone is 3. The third kappa shape index (κ3) is 10.4.